The molecule has 1 amide bonds. The zero-order chi connectivity index (χ0) is 32.6. The summed E-state index contributed by atoms with van der Waals surface area (Å²) in [7, 11) is 1.06. The molecule has 0 spiro atoms. The number of aromatic nitrogens is 1. The van der Waals surface area contributed by atoms with Gasteiger partial charge < -0.3 is 24.1 Å². The molecule has 44 heavy (non-hydrogen) atoms. The number of hydrogen-bond donors (Lipinski definition) is 2. The summed E-state index contributed by atoms with van der Waals surface area (Å²) < 4.78 is 103. The molecule has 0 bridgehead atoms. The van der Waals surface area contributed by atoms with E-state index in [2.05, 4.69) is 15.0 Å². The smallest absolute Gasteiger partial charge is 0.417 e. The van der Waals surface area contributed by atoms with Crippen molar-refractivity contribution in [2.75, 3.05) is 25.6 Å². The molecular weight excluding hydrogens is 609 g/mol. The first-order chi connectivity index (χ1) is 20.5. The number of benzene rings is 1. The highest BCUT2D eigenvalue weighted by molar-refractivity contribution is 7.90. The quantitative estimate of drug-likeness (QED) is 0.229. The lowest BCUT2D eigenvalue weighted by atomic mass is 9.77. The van der Waals surface area contributed by atoms with Gasteiger partial charge in [-0.05, 0) is 64.7 Å². The lowest BCUT2D eigenvalue weighted by Gasteiger charge is -2.32. The zero-order valence-corrected chi connectivity index (χ0v) is 26.2. The van der Waals surface area contributed by atoms with Crippen LogP contribution in [-0.2, 0) is 25.6 Å². The average Bonchev–Trinajstić information content (AvgIpc) is 3.72. The van der Waals surface area contributed by atoms with E-state index in [-0.39, 0.29) is 17.9 Å². The van der Waals surface area contributed by atoms with E-state index >= 15 is 0 Å². The van der Waals surface area contributed by atoms with Crippen LogP contribution >= 0.6 is 0 Å². The first kappa shape index (κ1) is 34.4. The van der Waals surface area contributed by atoms with Crippen molar-refractivity contribution in [3.63, 3.8) is 0 Å². The second-order valence-electron chi connectivity index (χ2n) is 12.4. The van der Waals surface area contributed by atoms with Crippen molar-refractivity contribution in [3.05, 3.63) is 53.4 Å². The molecule has 2 aliphatic rings. The number of ether oxygens (including phenoxy) is 3. The maximum absolute atomic E-state index is 14.7. The van der Waals surface area contributed by atoms with Crippen LogP contribution < -0.4 is 14.8 Å². The number of anilines is 1. The van der Waals surface area contributed by atoms with Crippen molar-refractivity contribution in [2.24, 2.45) is 11.8 Å². The fraction of sp³-hybridized carbons (Fsp3) is 0.600. The third-order valence-corrected chi connectivity index (χ3v) is 9.73. The standard InChI is InChI=1S/C30H38F5N3O5S/c1-16-23(19-9-10-20(31)24(32)25(19)41-6)26(43-29(16,5)30(33,34)35)27(39)37-18-11-12-36-21(13-18)22(15-42-14-17-7-8-17)38-44(40)28(2,3)4/h9-13,16-17,22-23,26,38H,7-8,14-15H2,1-6H3,(H,36,37,39)/t16-,22?,23-,26+,29+,44?/m0/s1. The Hall–Kier alpha value is -2.52. The van der Waals surface area contributed by atoms with Gasteiger partial charge in [0.1, 0.15) is 16.9 Å². The summed E-state index contributed by atoms with van der Waals surface area (Å²) in [5.41, 5.74) is -2.35. The summed E-state index contributed by atoms with van der Waals surface area (Å²) in [6, 6.07) is 4.19. The Bertz CT molecular complexity index is 1340. The Balaban J connectivity index is 1.63. The van der Waals surface area contributed by atoms with Gasteiger partial charge in [-0.15, -0.1) is 4.72 Å². The molecule has 0 radical (unpaired) electrons. The number of halogens is 5. The van der Waals surface area contributed by atoms with Crippen LogP contribution in [0.4, 0.5) is 27.6 Å². The second kappa shape index (κ2) is 13.1. The molecule has 1 aromatic heterocycles. The van der Waals surface area contributed by atoms with E-state index in [1.807, 2.05) is 0 Å². The van der Waals surface area contributed by atoms with Crippen LogP contribution in [0.25, 0.3) is 0 Å². The maximum atomic E-state index is 14.7. The van der Waals surface area contributed by atoms with E-state index in [9.17, 15) is 31.3 Å². The number of rotatable bonds is 11. The molecule has 8 nitrogen and oxygen atoms in total. The van der Waals surface area contributed by atoms with Crippen molar-refractivity contribution in [3.8, 4) is 5.75 Å². The number of pyridine rings is 1. The number of nitrogens with zero attached hydrogens (tertiary/aromatic N) is 1. The predicted octanol–water partition coefficient (Wildman–Crippen LogP) is 5.97. The molecular formula is C30H38F5N3O5S. The molecule has 1 saturated heterocycles. The van der Waals surface area contributed by atoms with Crippen LogP contribution in [0.5, 0.6) is 5.75 Å². The molecule has 6 atom stereocenters. The molecule has 14 heteroatoms. The predicted molar refractivity (Wildman–Crippen MR) is 154 cm³/mol. The monoisotopic (exact) mass is 647 g/mol. The third kappa shape index (κ3) is 7.30. The van der Waals surface area contributed by atoms with Gasteiger partial charge in [0, 0.05) is 47.3 Å². The molecule has 1 aliphatic heterocycles. The minimum atomic E-state index is -4.89. The Morgan fingerprint density at radius 2 is 1.91 bits per heavy atom. The van der Waals surface area contributed by atoms with Crippen LogP contribution in [0.2, 0.25) is 0 Å². The normalized spacial score (nSPS) is 25.5. The van der Waals surface area contributed by atoms with E-state index in [1.54, 1.807) is 20.8 Å². The number of carbonyl (C=O) groups is 1. The summed E-state index contributed by atoms with van der Waals surface area (Å²) in [6.07, 6.45) is -3.08. The number of methoxy groups -OCH3 is 1. The highest BCUT2D eigenvalue weighted by atomic mass is 32.2. The van der Waals surface area contributed by atoms with E-state index in [0.29, 0.717) is 18.2 Å². The molecule has 2 heterocycles. The van der Waals surface area contributed by atoms with E-state index in [4.69, 9.17) is 14.2 Å². The molecule has 2 fully saturated rings. The van der Waals surface area contributed by atoms with Crippen LogP contribution in [0, 0.1) is 23.5 Å². The highest BCUT2D eigenvalue weighted by Crippen LogP contribution is 2.55. The Morgan fingerprint density at radius 1 is 1.23 bits per heavy atom. The van der Waals surface area contributed by atoms with Crippen molar-refractivity contribution in [2.45, 2.75) is 82.0 Å². The van der Waals surface area contributed by atoms with Crippen molar-refractivity contribution in [1.82, 2.24) is 9.71 Å². The Morgan fingerprint density at radius 3 is 2.50 bits per heavy atom. The van der Waals surface area contributed by atoms with Crippen molar-refractivity contribution < 1.29 is 45.5 Å². The molecule has 2 N–H and O–H groups in total. The number of amides is 1. The van der Waals surface area contributed by atoms with Gasteiger partial charge in [-0.2, -0.15) is 17.6 Å². The molecule has 2 aromatic rings. The van der Waals surface area contributed by atoms with Gasteiger partial charge in [0.05, 0.1) is 19.4 Å². The van der Waals surface area contributed by atoms with Crippen LogP contribution in [0.15, 0.2) is 30.5 Å². The lowest BCUT2D eigenvalue weighted by Crippen LogP contribution is -2.47. The largest absolute Gasteiger partial charge is 0.598 e. The molecule has 4 rings (SSSR count). The molecule has 1 aliphatic carbocycles. The van der Waals surface area contributed by atoms with E-state index in [1.165, 1.54) is 25.3 Å². The fourth-order valence-corrected chi connectivity index (χ4v) is 5.89. The summed E-state index contributed by atoms with van der Waals surface area (Å²) in [4.78, 5) is 18.0. The Labute approximate surface area is 256 Å². The summed E-state index contributed by atoms with van der Waals surface area (Å²) in [5, 5.41) is 2.60. The molecule has 244 valence electrons. The van der Waals surface area contributed by atoms with Gasteiger partial charge in [-0.25, -0.2) is 4.39 Å². The minimum absolute atomic E-state index is 0.135. The van der Waals surface area contributed by atoms with Gasteiger partial charge >= 0.3 is 6.18 Å². The van der Waals surface area contributed by atoms with Gasteiger partial charge in [0.15, 0.2) is 17.2 Å². The van der Waals surface area contributed by atoms with E-state index in [0.717, 1.165) is 39.0 Å². The fourth-order valence-electron chi connectivity index (χ4n) is 5.09. The maximum Gasteiger partial charge on any atom is 0.417 e. The number of alkyl halides is 3. The van der Waals surface area contributed by atoms with Crippen LogP contribution in [-0.4, -0.2) is 58.4 Å². The topological polar surface area (TPSA) is 105 Å². The number of carbonyl (C=O) groups excluding carboxylic acids is 1. The van der Waals surface area contributed by atoms with Crippen molar-refractivity contribution >= 4 is 23.0 Å². The summed E-state index contributed by atoms with van der Waals surface area (Å²) in [5.74, 6) is -6.44. The van der Waals surface area contributed by atoms with E-state index < -0.39 is 75.2 Å². The highest BCUT2D eigenvalue weighted by Gasteiger charge is 2.66. The lowest BCUT2D eigenvalue weighted by molar-refractivity contribution is -0.272. The van der Waals surface area contributed by atoms with Gasteiger partial charge in [-0.1, -0.05) is 13.0 Å². The SMILES string of the molecule is COc1c([C@H]2[C@H](C(=O)Nc3ccnc(C(COCC4CC4)N[S+]([O-])C(C)(C)C)c3)O[C@@](C)(C(F)(F)F)[C@H]2C)ccc(F)c1F. The molecule has 1 aromatic carbocycles. The summed E-state index contributed by atoms with van der Waals surface area (Å²) >= 11 is -1.49. The number of nitrogens with one attached hydrogen (secondary N) is 2. The van der Waals surface area contributed by atoms with Crippen LogP contribution in [0.1, 0.15) is 70.7 Å². The Kier molecular flexibility index (Phi) is 10.2. The average molecular weight is 648 g/mol. The summed E-state index contributed by atoms with van der Waals surface area (Å²) in [6.45, 7) is 8.16. The minimum Gasteiger partial charge on any atom is -0.598 e. The van der Waals surface area contributed by atoms with Crippen LogP contribution in [0.3, 0.4) is 0 Å². The van der Waals surface area contributed by atoms with Gasteiger partial charge in [-0.3, -0.25) is 9.78 Å². The van der Waals surface area contributed by atoms with Crippen molar-refractivity contribution in [1.29, 1.82) is 0 Å². The first-order valence-electron chi connectivity index (χ1n) is 14.3. The number of hydrogen-bond acceptors (Lipinski definition) is 7. The molecule has 1 saturated carbocycles. The zero-order valence-electron chi connectivity index (χ0n) is 25.4. The third-order valence-electron chi connectivity index (χ3n) is 8.12. The van der Waals surface area contributed by atoms with Gasteiger partial charge in [0.25, 0.3) is 5.91 Å². The molecule has 2 unspecified atom stereocenters. The first-order valence-corrected chi connectivity index (χ1v) is 15.4. The van der Waals surface area contributed by atoms with Gasteiger partial charge in [0.2, 0.25) is 5.82 Å². The second-order valence-corrected chi connectivity index (χ2v) is 14.4.